The summed E-state index contributed by atoms with van der Waals surface area (Å²) in [6, 6.07) is 2.36. The second-order valence-corrected chi connectivity index (χ2v) is 3.37. The number of piperidine rings is 1. The van der Waals surface area contributed by atoms with E-state index in [1.54, 1.807) is 0 Å². The molecule has 2 nitrogen and oxygen atoms in total. The molecule has 12 heavy (non-hydrogen) atoms. The van der Waals surface area contributed by atoms with E-state index in [1.807, 2.05) is 6.08 Å². The molecule has 2 atom stereocenters. The molecule has 0 aliphatic carbocycles. The van der Waals surface area contributed by atoms with E-state index in [9.17, 15) is 0 Å². The van der Waals surface area contributed by atoms with E-state index in [0.717, 1.165) is 19.5 Å². The van der Waals surface area contributed by atoms with Gasteiger partial charge in [-0.1, -0.05) is 6.08 Å². The van der Waals surface area contributed by atoms with Crippen molar-refractivity contribution in [2.75, 3.05) is 13.1 Å². The van der Waals surface area contributed by atoms with Gasteiger partial charge in [-0.25, -0.2) is 0 Å². The molecule has 2 heteroatoms. The normalized spacial score (nSPS) is 25.8. The molecule has 0 spiro atoms. The minimum atomic E-state index is 0.176. The van der Waals surface area contributed by atoms with Crippen LogP contribution in [0.1, 0.15) is 19.3 Å². The molecule has 1 N–H and O–H groups in total. The fourth-order valence-electron chi connectivity index (χ4n) is 1.75. The van der Waals surface area contributed by atoms with Gasteiger partial charge in [0.15, 0.2) is 0 Å². The molecule has 0 aromatic rings. The summed E-state index contributed by atoms with van der Waals surface area (Å²) in [5.74, 6) is 0.719. The lowest BCUT2D eigenvalue weighted by atomic mass is 9.85. The largest absolute Gasteiger partial charge is 0.316 e. The Labute approximate surface area is 74.3 Å². The fourth-order valence-corrected chi connectivity index (χ4v) is 1.75. The van der Waals surface area contributed by atoms with E-state index in [0.29, 0.717) is 5.92 Å². The second-order valence-electron chi connectivity index (χ2n) is 3.37. The van der Waals surface area contributed by atoms with E-state index in [1.165, 1.54) is 12.8 Å². The predicted octanol–water partition coefficient (Wildman–Crippen LogP) is 1.70. The summed E-state index contributed by atoms with van der Waals surface area (Å²) in [5.41, 5.74) is 0. The number of nitriles is 1. The number of nitrogens with zero attached hydrogens (tertiary/aromatic N) is 1. The van der Waals surface area contributed by atoms with E-state index in [4.69, 9.17) is 5.26 Å². The molecule has 0 aromatic carbocycles. The van der Waals surface area contributed by atoms with E-state index in [2.05, 4.69) is 18.0 Å². The zero-order valence-electron chi connectivity index (χ0n) is 7.42. The van der Waals surface area contributed by atoms with Gasteiger partial charge in [0.2, 0.25) is 0 Å². The van der Waals surface area contributed by atoms with Gasteiger partial charge in [-0.15, -0.1) is 6.58 Å². The molecule has 1 aliphatic rings. The van der Waals surface area contributed by atoms with Crippen LogP contribution in [0, 0.1) is 23.2 Å². The van der Waals surface area contributed by atoms with Crippen LogP contribution in [0.5, 0.6) is 0 Å². The fraction of sp³-hybridized carbons (Fsp3) is 0.700. The van der Waals surface area contributed by atoms with Gasteiger partial charge in [-0.2, -0.15) is 5.26 Å². The van der Waals surface area contributed by atoms with E-state index >= 15 is 0 Å². The van der Waals surface area contributed by atoms with Crippen LogP contribution < -0.4 is 5.32 Å². The molecule has 0 saturated carbocycles. The van der Waals surface area contributed by atoms with Crippen LogP contribution in [0.3, 0.4) is 0 Å². The van der Waals surface area contributed by atoms with Crippen LogP contribution in [-0.2, 0) is 0 Å². The average molecular weight is 164 g/mol. The van der Waals surface area contributed by atoms with Crippen molar-refractivity contribution in [1.29, 1.82) is 5.26 Å². The van der Waals surface area contributed by atoms with Gasteiger partial charge in [0.25, 0.3) is 0 Å². The molecule has 1 aliphatic heterocycles. The zero-order chi connectivity index (χ0) is 8.81. The summed E-state index contributed by atoms with van der Waals surface area (Å²) in [6.45, 7) is 5.79. The Morgan fingerprint density at radius 3 is 3.08 bits per heavy atom. The average Bonchev–Trinajstić information content (AvgIpc) is 2.15. The number of rotatable bonds is 3. The zero-order valence-corrected chi connectivity index (χ0v) is 7.42. The van der Waals surface area contributed by atoms with Gasteiger partial charge in [-0.05, 0) is 38.3 Å². The van der Waals surface area contributed by atoms with Crippen molar-refractivity contribution in [3.8, 4) is 6.07 Å². The third-order valence-corrected chi connectivity index (χ3v) is 2.49. The highest BCUT2D eigenvalue weighted by molar-refractivity contribution is 4.94. The van der Waals surface area contributed by atoms with Crippen molar-refractivity contribution in [2.45, 2.75) is 19.3 Å². The highest BCUT2D eigenvalue weighted by atomic mass is 14.9. The summed E-state index contributed by atoms with van der Waals surface area (Å²) in [7, 11) is 0. The maximum atomic E-state index is 8.88. The Kier molecular flexibility index (Phi) is 3.83. The lowest BCUT2D eigenvalue weighted by Crippen LogP contribution is -2.33. The monoisotopic (exact) mass is 164 g/mol. The van der Waals surface area contributed by atoms with Crippen molar-refractivity contribution in [3.63, 3.8) is 0 Å². The summed E-state index contributed by atoms with van der Waals surface area (Å²) < 4.78 is 0. The molecule has 2 unspecified atom stereocenters. The lowest BCUT2D eigenvalue weighted by molar-refractivity contribution is 0.310. The SMILES string of the molecule is C=CCC(C#N)C1CCCNC1. The smallest absolute Gasteiger partial charge is 0.0662 e. The van der Waals surface area contributed by atoms with Crippen LogP contribution >= 0.6 is 0 Å². The molecule has 66 valence electrons. The van der Waals surface area contributed by atoms with Gasteiger partial charge >= 0.3 is 0 Å². The quantitative estimate of drug-likeness (QED) is 0.644. The topological polar surface area (TPSA) is 35.8 Å². The maximum absolute atomic E-state index is 8.88. The predicted molar refractivity (Wildman–Crippen MR) is 49.5 cm³/mol. The molecular weight excluding hydrogens is 148 g/mol. The van der Waals surface area contributed by atoms with Gasteiger partial charge in [0.05, 0.1) is 12.0 Å². The molecule has 0 radical (unpaired) electrons. The third kappa shape index (κ3) is 2.35. The Morgan fingerprint density at radius 1 is 1.75 bits per heavy atom. The molecule has 0 bridgehead atoms. The Balaban J connectivity index is 2.41. The maximum Gasteiger partial charge on any atom is 0.0662 e. The number of nitrogens with one attached hydrogen (secondary N) is 1. The Hall–Kier alpha value is -0.810. The summed E-state index contributed by atoms with van der Waals surface area (Å²) >= 11 is 0. The second kappa shape index (κ2) is 4.95. The molecular formula is C10H16N2. The van der Waals surface area contributed by atoms with Crippen molar-refractivity contribution in [3.05, 3.63) is 12.7 Å². The summed E-state index contributed by atoms with van der Waals surface area (Å²) in [5, 5.41) is 12.2. The van der Waals surface area contributed by atoms with Crippen LogP contribution in [0.25, 0.3) is 0 Å². The van der Waals surface area contributed by atoms with Gasteiger partial charge in [-0.3, -0.25) is 0 Å². The van der Waals surface area contributed by atoms with E-state index in [-0.39, 0.29) is 5.92 Å². The van der Waals surface area contributed by atoms with Gasteiger partial charge < -0.3 is 5.32 Å². The number of allylic oxidation sites excluding steroid dienone is 1. The molecule has 1 saturated heterocycles. The van der Waals surface area contributed by atoms with Crippen molar-refractivity contribution in [2.24, 2.45) is 11.8 Å². The summed E-state index contributed by atoms with van der Waals surface area (Å²) in [6.07, 6.45) is 5.09. The highest BCUT2D eigenvalue weighted by Crippen LogP contribution is 2.22. The number of hydrogen-bond donors (Lipinski definition) is 1. The van der Waals surface area contributed by atoms with Crippen molar-refractivity contribution in [1.82, 2.24) is 5.32 Å². The first kappa shape index (κ1) is 9.28. The minimum absolute atomic E-state index is 0.176. The molecule has 1 rings (SSSR count). The summed E-state index contributed by atoms with van der Waals surface area (Å²) in [4.78, 5) is 0. The highest BCUT2D eigenvalue weighted by Gasteiger charge is 2.21. The molecule has 0 amide bonds. The lowest BCUT2D eigenvalue weighted by Gasteiger charge is -2.25. The van der Waals surface area contributed by atoms with Crippen molar-refractivity contribution < 1.29 is 0 Å². The first-order valence-electron chi connectivity index (χ1n) is 4.59. The Bertz CT molecular complexity index is 175. The minimum Gasteiger partial charge on any atom is -0.316 e. The van der Waals surface area contributed by atoms with Crippen LogP contribution in [0.4, 0.5) is 0 Å². The molecule has 0 aromatic heterocycles. The molecule has 1 fully saturated rings. The molecule has 1 heterocycles. The first-order valence-corrected chi connectivity index (χ1v) is 4.59. The first-order chi connectivity index (χ1) is 5.88. The number of hydrogen-bond acceptors (Lipinski definition) is 2. The standard InChI is InChI=1S/C10H16N2/c1-2-4-9(7-11)10-5-3-6-12-8-10/h2,9-10,12H,1,3-6,8H2. The van der Waals surface area contributed by atoms with Gasteiger partial charge in [0, 0.05) is 0 Å². The third-order valence-electron chi connectivity index (χ3n) is 2.49. The van der Waals surface area contributed by atoms with Gasteiger partial charge in [0.1, 0.15) is 0 Å². The van der Waals surface area contributed by atoms with E-state index < -0.39 is 0 Å². The van der Waals surface area contributed by atoms with Crippen LogP contribution in [0.15, 0.2) is 12.7 Å². The van der Waals surface area contributed by atoms with Crippen LogP contribution in [-0.4, -0.2) is 13.1 Å². The van der Waals surface area contributed by atoms with Crippen LogP contribution in [0.2, 0.25) is 0 Å². The van der Waals surface area contributed by atoms with Crippen molar-refractivity contribution >= 4 is 0 Å². The Morgan fingerprint density at radius 2 is 2.58 bits per heavy atom.